The number of anilines is 1. The smallest absolute Gasteiger partial charge is 0.330 e. The molecule has 0 spiro atoms. The molecule has 3 aromatic carbocycles. The Morgan fingerprint density at radius 3 is 2.38 bits per heavy atom. The van der Waals surface area contributed by atoms with Crippen LogP contribution < -0.4 is 10.1 Å². The van der Waals surface area contributed by atoms with Gasteiger partial charge in [-0.1, -0.05) is 49.7 Å². The van der Waals surface area contributed by atoms with Crippen LogP contribution in [0, 0.1) is 23.1 Å². The van der Waals surface area contributed by atoms with Crippen molar-refractivity contribution in [2.75, 3.05) is 5.32 Å². The summed E-state index contributed by atoms with van der Waals surface area (Å²) in [6, 6.07) is 20.8. The van der Waals surface area contributed by atoms with E-state index in [1.165, 1.54) is 18.2 Å². The quantitative estimate of drug-likeness (QED) is 0.394. The average molecular weight is 453 g/mol. The molecule has 0 aromatic heterocycles. The molecular formula is C25H22ClFN2O3. The lowest BCUT2D eigenvalue weighted by Gasteiger charge is -2.23. The Balaban J connectivity index is 1.77. The van der Waals surface area contributed by atoms with Crippen LogP contribution in [0.25, 0.3) is 0 Å². The summed E-state index contributed by atoms with van der Waals surface area (Å²) >= 11 is 5.91. The van der Waals surface area contributed by atoms with Crippen LogP contribution in [0.1, 0.15) is 25.5 Å². The van der Waals surface area contributed by atoms with Crippen molar-refractivity contribution in [3.63, 3.8) is 0 Å². The van der Waals surface area contributed by atoms with Gasteiger partial charge in [-0.25, -0.2) is 9.18 Å². The van der Waals surface area contributed by atoms with E-state index in [9.17, 15) is 14.4 Å². The number of nitrogens with one attached hydrogen (secondary N) is 1. The number of benzene rings is 3. The van der Waals surface area contributed by atoms with Crippen molar-refractivity contribution in [3.05, 3.63) is 89.2 Å². The van der Waals surface area contributed by atoms with Crippen LogP contribution in [0.4, 0.5) is 10.1 Å². The van der Waals surface area contributed by atoms with E-state index in [1.807, 2.05) is 26.0 Å². The zero-order valence-electron chi connectivity index (χ0n) is 17.6. The van der Waals surface area contributed by atoms with Crippen molar-refractivity contribution in [3.8, 4) is 17.6 Å². The number of halogens is 2. The predicted molar refractivity (Wildman–Crippen MR) is 121 cm³/mol. The lowest BCUT2D eigenvalue weighted by molar-refractivity contribution is -0.148. The fourth-order valence-electron chi connectivity index (χ4n) is 2.96. The molecule has 0 aliphatic heterocycles. The fraction of sp³-hybridized carbons (Fsp3) is 0.200. The predicted octanol–water partition coefficient (Wildman–Crippen LogP) is 6.52. The zero-order chi connectivity index (χ0) is 23.1. The largest absolute Gasteiger partial charge is 0.454 e. The number of rotatable bonds is 8. The van der Waals surface area contributed by atoms with Crippen molar-refractivity contribution >= 4 is 23.3 Å². The highest BCUT2D eigenvalue weighted by molar-refractivity contribution is 6.30. The molecule has 0 aliphatic rings. The van der Waals surface area contributed by atoms with Gasteiger partial charge in [0.2, 0.25) is 6.10 Å². The topological polar surface area (TPSA) is 71.3 Å². The van der Waals surface area contributed by atoms with Crippen molar-refractivity contribution in [1.82, 2.24) is 0 Å². The molecule has 0 radical (unpaired) electrons. The molecule has 1 N–H and O–H groups in total. The second-order valence-electron chi connectivity index (χ2n) is 7.42. The van der Waals surface area contributed by atoms with Crippen LogP contribution in [-0.4, -0.2) is 12.0 Å². The van der Waals surface area contributed by atoms with Gasteiger partial charge in [-0.2, -0.15) is 5.26 Å². The Kier molecular flexibility index (Phi) is 7.69. The van der Waals surface area contributed by atoms with E-state index in [0.717, 1.165) is 0 Å². The summed E-state index contributed by atoms with van der Waals surface area (Å²) in [5, 5.41) is 13.3. The summed E-state index contributed by atoms with van der Waals surface area (Å²) in [6.45, 7) is 3.72. The van der Waals surface area contributed by atoms with E-state index in [-0.39, 0.29) is 11.7 Å². The first-order chi connectivity index (χ1) is 15.4. The summed E-state index contributed by atoms with van der Waals surface area (Å²) < 4.78 is 25.3. The van der Waals surface area contributed by atoms with Crippen molar-refractivity contribution < 1.29 is 18.7 Å². The summed E-state index contributed by atoms with van der Waals surface area (Å²) in [4.78, 5) is 12.9. The van der Waals surface area contributed by atoms with Crippen LogP contribution in [0.2, 0.25) is 5.02 Å². The molecule has 0 amide bonds. The minimum atomic E-state index is -1.23. The third kappa shape index (κ3) is 5.99. The van der Waals surface area contributed by atoms with Gasteiger partial charge in [-0.05, 0) is 54.4 Å². The zero-order valence-corrected chi connectivity index (χ0v) is 18.3. The third-order valence-corrected chi connectivity index (χ3v) is 4.92. The van der Waals surface area contributed by atoms with Crippen molar-refractivity contribution in [2.24, 2.45) is 5.92 Å². The average Bonchev–Trinajstić information content (AvgIpc) is 2.79. The highest BCUT2D eigenvalue weighted by Gasteiger charge is 2.27. The molecule has 0 bridgehead atoms. The number of hydrogen-bond acceptors (Lipinski definition) is 5. The van der Waals surface area contributed by atoms with Crippen LogP contribution >= 0.6 is 11.6 Å². The number of ether oxygens (including phenoxy) is 2. The van der Waals surface area contributed by atoms with E-state index in [1.54, 1.807) is 48.5 Å². The maximum atomic E-state index is 14.3. The standard InChI is InChI=1S/C25H22ClFN2O3/c1-16(2)24(29-19-11-9-18(26)10-12-19)25(30)32-23(15-28)17-8-13-21(27)22(14-17)31-20-6-4-3-5-7-20/h3-14,16,23-24,29H,1-2H3. The molecule has 3 aromatic rings. The molecule has 0 saturated heterocycles. The molecule has 164 valence electrons. The molecule has 0 fully saturated rings. The van der Waals surface area contributed by atoms with E-state index in [2.05, 4.69) is 5.32 Å². The minimum Gasteiger partial charge on any atom is -0.454 e. The second kappa shape index (κ2) is 10.7. The number of para-hydroxylation sites is 1. The van der Waals surface area contributed by atoms with E-state index >= 15 is 0 Å². The second-order valence-corrected chi connectivity index (χ2v) is 7.86. The molecule has 2 atom stereocenters. The van der Waals surface area contributed by atoms with E-state index in [4.69, 9.17) is 21.1 Å². The van der Waals surface area contributed by atoms with Crippen LogP contribution in [0.3, 0.4) is 0 Å². The van der Waals surface area contributed by atoms with Gasteiger partial charge in [0.15, 0.2) is 11.6 Å². The minimum absolute atomic E-state index is 0.0651. The highest BCUT2D eigenvalue weighted by atomic mass is 35.5. The summed E-state index contributed by atoms with van der Waals surface area (Å²) in [5.41, 5.74) is 1.00. The maximum absolute atomic E-state index is 14.3. The third-order valence-electron chi connectivity index (χ3n) is 4.67. The first kappa shape index (κ1) is 23.1. The number of nitrogens with zero attached hydrogens (tertiary/aromatic N) is 1. The fourth-order valence-corrected chi connectivity index (χ4v) is 3.08. The lowest BCUT2D eigenvalue weighted by Crippen LogP contribution is -2.36. The first-order valence-corrected chi connectivity index (χ1v) is 10.4. The molecule has 32 heavy (non-hydrogen) atoms. The Bertz CT molecular complexity index is 1100. The van der Waals surface area contributed by atoms with Crippen molar-refractivity contribution in [1.29, 1.82) is 5.26 Å². The maximum Gasteiger partial charge on any atom is 0.330 e. The van der Waals surface area contributed by atoms with Gasteiger partial charge < -0.3 is 14.8 Å². The normalized spacial score (nSPS) is 12.5. The first-order valence-electron chi connectivity index (χ1n) is 10.0. The molecule has 2 unspecified atom stereocenters. The highest BCUT2D eigenvalue weighted by Crippen LogP contribution is 2.29. The monoisotopic (exact) mass is 452 g/mol. The van der Waals surface area contributed by atoms with Gasteiger partial charge in [0.05, 0.1) is 0 Å². The molecule has 0 heterocycles. The van der Waals surface area contributed by atoms with Gasteiger partial charge in [0, 0.05) is 16.3 Å². The Hall–Kier alpha value is -3.56. The van der Waals surface area contributed by atoms with Crippen molar-refractivity contribution in [2.45, 2.75) is 26.0 Å². The SMILES string of the molecule is CC(C)C(Nc1ccc(Cl)cc1)C(=O)OC(C#N)c1ccc(F)c(Oc2ccccc2)c1. The Morgan fingerprint density at radius 2 is 1.75 bits per heavy atom. The Morgan fingerprint density at radius 1 is 1.06 bits per heavy atom. The number of carbonyl (C=O) groups excluding carboxylic acids is 1. The van der Waals surface area contributed by atoms with Crippen LogP contribution in [0.15, 0.2) is 72.8 Å². The summed E-state index contributed by atoms with van der Waals surface area (Å²) in [6.07, 6.45) is -1.23. The number of nitriles is 1. The van der Waals surface area contributed by atoms with Gasteiger partial charge in [-0.15, -0.1) is 0 Å². The number of hydrogen-bond donors (Lipinski definition) is 1. The molecule has 3 rings (SSSR count). The molecule has 5 nitrogen and oxygen atoms in total. The van der Waals surface area contributed by atoms with Crippen LogP contribution in [-0.2, 0) is 9.53 Å². The lowest BCUT2D eigenvalue weighted by atomic mass is 10.0. The van der Waals surface area contributed by atoms with E-state index < -0.39 is 23.9 Å². The van der Waals surface area contributed by atoms with Gasteiger partial charge in [0.1, 0.15) is 17.9 Å². The Labute approximate surface area is 191 Å². The van der Waals surface area contributed by atoms with Gasteiger partial charge >= 0.3 is 5.97 Å². The molecule has 0 aliphatic carbocycles. The van der Waals surface area contributed by atoms with Crippen LogP contribution in [0.5, 0.6) is 11.5 Å². The molecular weight excluding hydrogens is 431 g/mol. The summed E-state index contributed by atoms with van der Waals surface area (Å²) in [7, 11) is 0. The number of esters is 1. The summed E-state index contributed by atoms with van der Waals surface area (Å²) in [5.74, 6) is -0.935. The number of carbonyl (C=O) groups is 1. The molecule has 0 saturated carbocycles. The van der Waals surface area contributed by atoms with Gasteiger partial charge in [-0.3, -0.25) is 0 Å². The van der Waals surface area contributed by atoms with E-state index in [0.29, 0.717) is 22.0 Å². The molecule has 7 heteroatoms. The van der Waals surface area contributed by atoms with Gasteiger partial charge in [0.25, 0.3) is 0 Å².